The minimum absolute atomic E-state index is 0.879. The summed E-state index contributed by atoms with van der Waals surface area (Å²) in [6.07, 6.45) is 7.85. The lowest BCUT2D eigenvalue weighted by Gasteiger charge is -2.23. The van der Waals surface area contributed by atoms with E-state index in [0.29, 0.717) is 0 Å². The number of allylic oxidation sites excluding steroid dienone is 2. The second-order valence-electron chi connectivity index (χ2n) is 5.70. The lowest BCUT2D eigenvalue weighted by Crippen LogP contribution is -2.06. The van der Waals surface area contributed by atoms with Gasteiger partial charge in [-0.15, -0.1) is 0 Å². The first kappa shape index (κ1) is 10.9. The molecule has 0 spiro atoms. The van der Waals surface area contributed by atoms with E-state index < -0.39 is 0 Å². The number of nitrogens with two attached hydrogens (primary N) is 1. The quantitative estimate of drug-likeness (QED) is 0.661. The highest BCUT2D eigenvalue weighted by atomic mass is 14.5. The van der Waals surface area contributed by atoms with Crippen LogP contribution in [0.5, 0.6) is 0 Å². The van der Waals surface area contributed by atoms with E-state index in [1.807, 2.05) is 0 Å². The summed E-state index contributed by atoms with van der Waals surface area (Å²) in [6.45, 7) is 2.39. The molecule has 1 atom stereocenters. The average Bonchev–Trinajstić information content (AvgIpc) is 2.71. The van der Waals surface area contributed by atoms with E-state index in [9.17, 15) is 0 Å². The molecule has 2 aliphatic carbocycles. The predicted molar refractivity (Wildman–Crippen MR) is 73.7 cm³/mol. The molecule has 2 N–H and O–H groups in total. The van der Waals surface area contributed by atoms with E-state index in [4.69, 9.17) is 5.73 Å². The lowest BCUT2D eigenvalue weighted by molar-refractivity contribution is 0.453. The Morgan fingerprint density at radius 3 is 2.88 bits per heavy atom. The van der Waals surface area contributed by atoms with E-state index in [0.717, 1.165) is 11.6 Å². The van der Waals surface area contributed by atoms with Gasteiger partial charge >= 0.3 is 0 Å². The van der Waals surface area contributed by atoms with Gasteiger partial charge in [0.05, 0.1) is 0 Å². The van der Waals surface area contributed by atoms with Gasteiger partial charge in [0.2, 0.25) is 0 Å². The van der Waals surface area contributed by atoms with Crippen molar-refractivity contribution in [1.82, 2.24) is 0 Å². The minimum atomic E-state index is 0.879. The summed E-state index contributed by atoms with van der Waals surface area (Å²) in [6, 6.07) is 6.45. The molecule has 1 nitrogen and oxygen atoms in total. The molecule has 0 heterocycles. The Morgan fingerprint density at radius 2 is 2.06 bits per heavy atom. The monoisotopic (exact) mass is 227 g/mol. The summed E-state index contributed by atoms with van der Waals surface area (Å²) in [5, 5.41) is 0. The van der Waals surface area contributed by atoms with Gasteiger partial charge in [0.15, 0.2) is 0 Å². The van der Waals surface area contributed by atoms with Gasteiger partial charge in [-0.05, 0) is 66.9 Å². The van der Waals surface area contributed by atoms with Gasteiger partial charge in [-0.25, -0.2) is 0 Å². The molecule has 1 saturated carbocycles. The molecule has 2 aliphatic rings. The molecule has 0 radical (unpaired) electrons. The van der Waals surface area contributed by atoms with Gasteiger partial charge in [-0.3, -0.25) is 0 Å². The molecule has 1 heteroatoms. The molecule has 17 heavy (non-hydrogen) atoms. The van der Waals surface area contributed by atoms with Crippen LogP contribution in [0.2, 0.25) is 0 Å². The van der Waals surface area contributed by atoms with Crippen LogP contribution in [0.3, 0.4) is 0 Å². The van der Waals surface area contributed by atoms with E-state index in [-0.39, 0.29) is 0 Å². The number of anilines is 1. The molecular formula is C16H21N. The van der Waals surface area contributed by atoms with Gasteiger partial charge in [0.1, 0.15) is 0 Å². The molecule has 0 bridgehead atoms. The molecule has 0 aromatic heterocycles. The highest BCUT2D eigenvalue weighted by molar-refractivity contribution is 5.76. The molecule has 0 aliphatic heterocycles. The first-order chi connectivity index (χ1) is 8.24. The Morgan fingerprint density at radius 1 is 1.18 bits per heavy atom. The fraction of sp³-hybridized carbons (Fsp3) is 0.500. The topological polar surface area (TPSA) is 26.0 Å². The number of rotatable bonds is 0. The standard InChI is InChI=1S/C16H21N/c1-11-3-2-4-12(9-11)15-7-5-13-10-14(17)6-8-16(13)15/h6,8,10-11H,2-5,7,9,17H2,1H3. The summed E-state index contributed by atoms with van der Waals surface area (Å²) in [5.74, 6) is 0.879. The molecule has 1 aromatic rings. The predicted octanol–water partition coefficient (Wildman–Crippen LogP) is 4.18. The van der Waals surface area contributed by atoms with Crippen LogP contribution in [0.1, 0.15) is 50.2 Å². The van der Waals surface area contributed by atoms with Gasteiger partial charge in [0.25, 0.3) is 0 Å². The Balaban J connectivity index is 1.99. The van der Waals surface area contributed by atoms with Crippen LogP contribution >= 0.6 is 0 Å². The number of benzene rings is 1. The van der Waals surface area contributed by atoms with Crippen molar-refractivity contribution in [2.75, 3.05) is 5.73 Å². The summed E-state index contributed by atoms with van der Waals surface area (Å²) in [7, 11) is 0. The first-order valence-electron chi connectivity index (χ1n) is 6.83. The van der Waals surface area contributed by atoms with Crippen LogP contribution in [0, 0.1) is 5.92 Å². The summed E-state index contributed by atoms with van der Waals surface area (Å²) < 4.78 is 0. The Labute approximate surface area is 104 Å². The lowest BCUT2D eigenvalue weighted by atomic mass is 9.83. The molecule has 3 rings (SSSR count). The maximum atomic E-state index is 5.86. The van der Waals surface area contributed by atoms with Crippen LogP contribution < -0.4 is 5.73 Å². The van der Waals surface area contributed by atoms with E-state index in [1.54, 1.807) is 11.1 Å². The smallest absolute Gasteiger partial charge is 0.0317 e. The Hall–Kier alpha value is -1.24. The zero-order chi connectivity index (χ0) is 11.8. The highest BCUT2D eigenvalue weighted by Crippen LogP contribution is 2.41. The van der Waals surface area contributed by atoms with Gasteiger partial charge in [-0.2, -0.15) is 0 Å². The molecule has 90 valence electrons. The van der Waals surface area contributed by atoms with Crippen molar-refractivity contribution < 1.29 is 0 Å². The largest absolute Gasteiger partial charge is 0.399 e. The number of fused-ring (bicyclic) bond motifs is 1. The summed E-state index contributed by atoms with van der Waals surface area (Å²) >= 11 is 0. The third kappa shape index (κ3) is 1.99. The maximum Gasteiger partial charge on any atom is 0.0317 e. The third-order valence-electron chi connectivity index (χ3n) is 4.30. The van der Waals surface area contributed by atoms with E-state index in [2.05, 4.69) is 25.1 Å². The number of nitrogen functional groups attached to an aromatic ring is 1. The van der Waals surface area contributed by atoms with Crippen LogP contribution in [0.4, 0.5) is 5.69 Å². The number of aryl methyl sites for hydroxylation is 1. The number of hydrogen-bond acceptors (Lipinski definition) is 1. The molecule has 0 saturated heterocycles. The zero-order valence-electron chi connectivity index (χ0n) is 10.6. The maximum absolute atomic E-state index is 5.86. The average molecular weight is 227 g/mol. The minimum Gasteiger partial charge on any atom is -0.399 e. The summed E-state index contributed by atoms with van der Waals surface area (Å²) in [4.78, 5) is 0. The van der Waals surface area contributed by atoms with Crippen molar-refractivity contribution in [3.8, 4) is 0 Å². The second-order valence-corrected chi connectivity index (χ2v) is 5.70. The van der Waals surface area contributed by atoms with Crippen LogP contribution in [0.25, 0.3) is 5.57 Å². The van der Waals surface area contributed by atoms with Gasteiger partial charge in [0, 0.05) is 5.69 Å². The van der Waals surface area contributed by atoms with Crippen molar-refractivity contribution in [2.24, 2.45) is 5.92 Å². The Bertz CT molecular complexity index is 470. The van der Waals surface area contributed by atoms with Crippen molar-refractivity contribution in [3.05, 3.63) is 34.9 Å². The van der Waals surface area contributed by atoms with Gasteiger partial charge < -0.3 is 5.73 Å². The fourth-order valence-electron chi connectivity index (χ4n) is 3.44. The second kappa shape index (κ2) is 4.21. The van der Waals surface area contributed by atoms with E-state index >= 15 is 0 Å². The molecular weight excluding hydrogens is 206 g/mol. The first-order valence-corrected chi connectivity index (χ1v) is 6.83. The SMILES string of the molecule is CC1CCCC(=C2CCc3cc(N)ccc32)C1. The van der Waals surface area contributed by atoms with Gasteiger partial charge in [-0.1, -0.05) is 25.0 Å². The number of hydrogen-bond donors (Lipinski definition) is 1. The van der Waals surface area contributed by atoms with Crippen LogP contribution in [0.15, 0.2) is 23.8 Å². The molecule has 1 aromatic carbocycles. The van der Waals surface area contributed by atoms with E-state index in [1.165, 1.54) is 49.7 Å². The highest BCUT2D eigenvalue weighted by Gasteiger charge is 2.22. The third-order valence-corrected chi connectivity index (χ3v) is 4.30. The fourth-order valence-corrected chi connectivity index (χ4v) is 3.44. The van der Waals surface area contributed by atoms with Crippen molar-refractivity contribution in [2.45, 2.75) is 45.4 Å². The summed E-state index contributed by atoms with van der Waals surface area (Å²) in [5.41, 5.74) is 13.1. The van der Waals surface area contributed by atoms with Crippen molar-refractivity contribution >= 4 is 11.3 Å². The van der Waals surface area contributed by atoms with Crippen LogP contribution in [-0.2, 0) is 6.42 Å². The Kier molecular flexibility index (Phi) is 2.70. The molecule has 1 unspecified atom stereocenters. The zero-order valence-corrected chi connectivity index (χ0v) is 10.6. The van der Waals surface area contributed by atoms with Crippen molar-refractivity contribution in [3.63, 3.8) is 0 Å². The molecule has 0 amide bonds. The van der Waals surface area contributed by atoms with Crippen molar-refractivity contribution in [1.29, 1.82) is 0 Å². The van der Waals surface area contributed by atoms with Crippen LogP contribution in [-0.4, -0.2) is 0 Å². The normalized spacial score (nSPS) is 28.2. The molecule has 1 fully saturated rings.